The van der Waals surface area contributed by atoms with Gasteiger partial charge in [-0.2, -0.15) is 0 Å². The minimum atomic E-state index is 0.199. The van der Waals surface area contributed by atoms with Crippen LogP contribution >= 0.6 is 0 Å². The highest BCUT2D eigenvalue weighted by molar-refractivity contribution is 5.69. The summed E-state index contributed by atoms with van der Waals surface area (Å²) in [5, 5.41) is 2.22. The van der Waals surface area contributed by atoms with E-state index in [0.29, 0.717) is 0 Å². The van der Waals surface area contributed by atoms with Gasteiger partial charge in [0.15, 0.2) is 0 Å². The fourth-order valence-corrected chi connectivity index (χ4v) is 3.63. The lowest BCUT2D eigenvalue weighted by Gasteiger charge is -2.32. The maximum atomic E-state index is 5.25. The van der Waals surface area contributed by atoms with E-state index in [1.54, 1.807) is 7.11 Å². The number of fused-ring (bicyclic) bond motifs is 1. The van der Waals surface area contributed by atoms with Gasteiger partial charge in [-0.05, 0) is 52.4 Å². The van der Waals surface area contributed by atoms with Gasteiger partial charge in [0.2, 0.25) is 0 Å². The Morgan fingerprint density at radius 1 is 0.964 bits per heavy atom. The minimum Gasteiger partial charge on any atom is -0.497 e. The maximum absolute atomic E-state index is 5.25. The molecule has 2 aliphatic rings. The van der Waals surface area contributed by atoms with Crippen molar-refractivity contribution in [3.8, 4) is 5.75 Å². The maximum Gasteiger partial charge on any atom is 0.118 e. The van der Waals surface area contributed by atoms with Gasteiger partial charge in [0.05, 0.1) is 25.0 Å². The van der Waals surface area contributed by atoms with Crippen LogP contribution in [0.25, 0.3) is 5.70 Å². The monoisotopic (exact) mass is 375 g/mol. The van der Waals surface area contributed by atoms with E-state index in [4.69, 9.17) is 4.74 Å². The Balaban J connectivity index is 1.47. The Morgan fingerprint density at radius 3 is 2.32 bits per heavy atom. The molecule has 146 valence electrons. The van der Waals surface area contributed by atoms with Crippen LogP contribution in [0.4, 0.5) is 0 Å². The van der Waals surface area contributed by atoms with Gasteiger partial charge in [-0.3, -0.25) is 10.4 Å². The molecule has 2 aliphatic heterocycles. The Hall–Kier alpha value is -2.88. The van der Waals surface area contributed by atoms with E-state index in [2.05, 4.69) is 84.8 Å². The molecule has 4 heteroatoms. The molecule has 0 radical (unpaired) electrons. The molecule has 0 unspecified atom stereocenters. The standard InChI is InChI=1S/C24H29N3O/c1-24(2,3)20-9-5-18(6-10-20)16-26-13-14-27-21(17-26)15-23(25-27)19-7-11-22(28-4)12-8-19/h5-12,15,17,25H,13-14,16H2,1-4H3. The van der Waals surface area contributed by atoms with Gasteiger partial charge in [0, 0.05) is 19.3 Å². The van der Waals surface area contributed by atoms with E-state index >= 15 is 0 Å². The van der Waals surface area contributed by atoms with Gasteiger partial charge in [-0.25, -0.2) is 0 Å². The molecule has 2 aromatic rings. The normalized spacial score (nSPS) is 16.3. The summed E-state index contributed by atoms with van der Waals surface area (Å²) in [7, 11) is 1.69. The number of nitrogens with one attached hydrogen (secondary N) is 1. The summed E-state index contributed by atoms with van der Waals surface area (Å²) in [6, 6.07) is 17.2. The van der Waals surface area contributed by atoms with Crippen LogP contribution in [0, 0.1) is 0 Å². The largest absolute Gasteiger partial charge is 0.497 e. The molecule has 1 N–H and O–H groups in total. The molecule has 0 fully saturated rings. The third-order valence-corrected chi connectivity index (χ3v) is 5.39. The van der Waals surface area contributed by atoms with Crippen molar-refractivity contribution in [3.63, 3.8) is 0 Å². The molecular weight excluding hydrogens is 346 g/mol. The number of rotatable bonds is 4. The summed E-state index contributed by atoms with van der Waals surface area (Å²) >= 11 is 0. The van der Waals surface area contributed by atoms with Gasteiger partial charge < -0.3 is 9.64 Å². The van der Waals surface area contributed by atoms with Crippen molar-refractivity contribution in [3.05, 3.63) is 83.2 Å². The molecule has 0 saturated heterocycles. The zero-order chi connectivity index (χ0) is 19.7. The van der Waals surface area contributed by atoms with Crippen LogP contribution in [0.2, 0.25) is 0 Å². The van der Waals surface area contributed by atoms with Gasteiger partial charge in [-0.15, -0.1) is 0 Å². The van der Waals surface area contributed by atoms with Crippen molar-refractivity contribution < 1.29 is 4.74 Å². The molecule has 0 amide bonds. The van der Waals surface area contributed by atoms with E-state index in [-0.39, 0.29) is 5.41 Å². The molecule has 0 aliphatic carbocycles. The zero-order valence-electron chi connectivity index (χ0n) is 17.2. The van der Waals surface area contributed by atoms with Crippen LogP contribution in [0.5, 0.6) is 5.75 Å². The summed E-state index contributed by atoms with van der Waals surface area (Å²) in [6.45, 7) is 9.67. The zero-order valence-corrected chi connectivity index (χ0v) is 17.2. The van der Waals surface area contributed by atoms with Gasteiger partial charge in [0.25, 0.3) is 0 Å². The first-order chi connectivity index (χ1) is 13.4. The number of hydrogen-bond acceptors (Lipinski definition) is 4. The first-order valence-corrected chi connectivity index (χ1v) is 9.88. The predicted molar refractivity (Wildman–Crippen MR) is 114 cm³/mol. The fourth-order valence-electron chi connectivity index (χ4n) is 3.63. The number of hydrazine groups is 1. The SMILES string of the molecule is COc1ccc(C2=CC3=CN(Cc4ccc(C(C)(C)C)cc4)CCN3N2)cc1. The van der Waals surface area contributed by atoms with E-state index in [1.807, 2.05) is 12.1 Å². The number of methoxy groups -OCH3 is 1. The molecule has 4 rings (SSSR count). The molecule has 28 heavy (non-hydrogen) atoms. The Kier molecular flexibility index (Phi) is 4.80. The molecule has 4 nitrogen and oxygen atoms in total. The smallest absolute Gasteiger partial charge is 0.118 e. The van der Waals surface area contributed by atoms with Crippen LogP contribution in [0.3, 0.4) is 0 Å². The number of benzene rings is 2. The second-order valence-electron chi connectivity index (χ2n) is 8.52. The topological polar surface area (TPSA) is 27.7 Å². The second kappa shape index (κ2) is 7.27. The highest BCUT2D eigenvalue weighted by Gasteiger charge is 2.23. The molecular formula is C24H29N3O. The average molecular weight is 376 g/mol. The van der Waals surface area contributed by atoms with Crippen LogP contribution in [0.15, 0.2) is 66.5 Å². The van der Waals surface area contributed by atoms with Crippen LogP contribution < -0.4 is 10.2 Å². The van der Waals surface area contributed by atoms with Crippen LogP contribution in [0.1, 0.15) is 37.5 Å². The number of nitrogens with zero attached hydrogens (tertiary/aromatic N) is 2. The molecule has 0 spiro atoms. The molecule has 0 saturated carbocycles. The highest BCUT2D eigenvalue weighted by atomic mass is 16.5. The van der Waals surface area contributed by atoms with E-state index in [1.165, 1.54) is 22.4 Å². The summed E-state index contributed by atoms with van der Waals surface area (Å²) in [5.41, 5.74) is 9.95. The fraction of sp³-hybridized carbons (Fsp3) is 0.333. The van der Waals surface area contributed by atoms with E-state index in [9.17, 15) is 0 Å². The number of ether oxygens (including phenoxy) is 1. The van der Waals surface area contributed by atoms with Crippen molar-refractivity contribution in [1.82, 2.24) is 15.3 Å². The van der Waals surface area contributed by atoms with Crippen molar-refractivity contribution in [2.24, 2.45) is 0 Å². The Bertz CT molecular complexity index is 889. The lowest BCUT2D eigenvalue weighted by atomic mass is 9.87. The number of allylic oxidation sites excluding steroid dienone is 1. The number of hydrogen-bond donors (Lipinski definition) is 1. The van der Waals surface area contributed by atoms with Crippen LogP contribution in [-0.2, 0) is 12.0 Å². The second-order valence-corrected chi connectivity index (χ2v) is 8.52. The third kappa shape index (κ3) is 3.86. The van der Waals surface area contributed by atoms with Crippen molar-refractivity contribution in [1.29, 1.82) is 0 Å². The van der Waals surface area contributed by atoms with E-state index in [0.717, 1.165) is 31.1 Å². The quantitative estimate of drug-likeness (QED) is 0.851. The van der Waals surface area contributed by atoms with Gasteiger partial charge in [0.1, 0.15) is 5.75 Å². The summed E-state index contributed by atoms with van der Waals surface area (Å²) in [4.78, 5) is 2.40. The lowest BCUT2D eigenvalue weighted by molar-refractivity contribution is 0.224. The molecule has 0 atom stereocenters. The van der Waals surface area contributed by atoms with Crippen molar-refractivity contribution >= 4 is 5.70 Å². The minimum absolute atomic E-state index is 0.199. The van der Waals surface area contributed by atoms with Gasteiger partial charge in [-0.1, -0.05) is 45.0 Å². The molecule has 2 heterocycles. The Morgan fingerprint density at radius 2 is 1.68 bits per heavy atom. The van der Waals surface area contributed by atoms with Crippen molar-refractivity contribution in [2.45, 2.75) is 32.7 Å². The van der Waals surface area contributed by atoms with Crippen LogP contribution in [-0.4, -0.2) is 30.1 Å². The van der Waals surface area contributed by atoms with Crippen molar-refractivity contribution in [2.75, 3.05) is 20.2 Å². The third-order valence-electron chi connectivity index (χ3n) is 5.39. The first kappa shape index (κ1) is 18.5. The highest BCUT2D eigenvalue weighted by Crippen LogP contribution is 2.27. The van der Waals surface area contributed by atoms with E-state index < -0.39 is 0 Å². The lowest BCUT2D eigenvalue weighted by Crippen LogP contribution is -2.41. The summed E-state index contributed by atoms with van der Waals surface area (Å²) < 4.78 is 5.25. The molecule has 0 aromatic heterocycles. The Labute approximate surface area is 168 Å². The predicted octanol–water partition coefficient (Wildman–Crippen LogP) is 4.51. The average Bonchev–Trinajstić information content (AvgIpc) is 3.11. The summed E-state index contributed by atoms with van der Waals surface area (Å²) in [5.74, 6) is 0.878. The molecule has 2 aromatic carbocycles. The summed E-state index contributed by atoms with van der Waals surface area (Å²) in [6.07, 6.45) is 4.47. The first-order valence-electron chi connectivity index (χ1n) is 9.88. The molecule has 0 bridgehead atoms. The van der Waals surface area contributed by atoms with Gasteiger partial charge >= 0.3 is 0 Å².